The molecule has 2 aromatic rings. The molecule has 0 aliphatic carbocycles. The number of anilines is 1. The summed E-state index contributed by atoms with van der Waals surface area (Å²) in [5, 5.41) is 16.1. The number of aromatic nitrogens is 4. The van der Waals surface area contributed by atoms with Crippen LogP contribution in [-0.2, 0) is 0 Å². The Labute approximate surface area is 140 Å². The summed E-state index contributed by atoms with van der Waals surface area (Å²) in [4.78, 5) is 24.0. The van der Waals surface area contributed by atoms with Crippen LogP contribution in [-0.4, -0.2) is 62.3 Å². The van der Waals surface area contributed by atoms with Gasteiger partial charge in [-0.3, -0.25) is 10.1 Å². The zero-order valence-corrected chi connectivity index (χ0v) is 14.1. The largest absolute Gasteiger partial charge is 0.355 e. The molecule has 0 amide bonds. The van der Waals surface area contributed by atoms with Crippen LogP contribution in [0.2, 0.25) is 0 Å². The van der Waals surface area contributed by atoms with Crippen LogP contribution in [0.5, 0.6) is 0 Å². The minimum absolute atomic E-state index is 0.0892. The highest BCUT2D eigenvalue weighted by Crippen LogP contribution is 2.31. The van der Waals surface area contributed by atoms with Crippen LogP contribution in [0.1, 0.15) is 18.3 Å². The molecule has 128 valence electrons. The molecule has 0 aromatic carbocycles. The molecule has 9 heteroatoms. The molecule has 0 unspecified atom stereocenters. The van der Waals surface area contributed by atoms with E-state index in [9.17, 15) is 10.1 Å². The molecule has 0 spiro atoms. The van der Waals surface area contributed by atoms with E-state index in [1.165, 1.54) is 11.0 Å². The third-order valence-corrected chi connectivity index (χ3v) is 4.30. The summed E-state index contributed by atoms with van der Waals surface area (Å²) in [6, 6.07) is 1.87. The Kier molecular flexibility index (Phi) is 4.43. The second-order valence-electron chi connectivity index (χ2n) is 5.89. The Bertz CT molecular complexity index is 750. The number of aryl methyl sites for hydroxylation is 2. The van der Waals surface area contributed by atoms with Gasteiger partial charge >= 0.3 is 5.69 Å². The van der Waals surface area contributed by atoms with Crippen molar-refractivity contribution in [2.24, 2.45) is 0 Å². The van der Waals surface area contributed by atoms with Crippen LogP contribution in [0.3, 0.4) is 0 Å². The molecule has 0 saturated carbocycles. The Morgan fingerprint density at radius 2 is 1.83 bits per heavy atom. The van der Waals surface area contributed by atoms with E-state index in [4.69, 9.17) is 0 Å². The van der Waals surface area contributed by atoms with Crippen LogP contribution in [0.15, 0.2) is 12.4 Å². The van der Waals surface area contributed by atoms with Crippen molar-refractivity contribution >= 4 is 11.5 Å². The van der Waals surface area contributed by atoms with E-state index in [2.05, 4.69) is 26.9 Å². The number of hydrogen-bond donors (Lipinski definition) is 0. The van der Waals surface area contributed by atoms with E-state index in [1.54, 1.807) is 0 Å². The number of hydrogen-bond acceptors (Lipinski definition) is 7. The Hall–Kier alpha value is -2.55. The van der Waals surface area contributed by atoms with Gasteiger partial charge in [-0.05, 0) is 26.5 Å². The normalized spacial score (nSPS) is 15.7. The maximum absolute atomic E-state index is 11.7. The Balaban J connectivity index is 2.03. The van der Waals surface area contributed by atoms with Crippen molar-refractivity contribution in [3.63, 3.8) is 0 Å². The first kappa shape index (κ1) is 16.3. The van der Waals surface area contributed by atoms with Crippen molar-refractivity contribution in [1.82, 2.24) is 24.6 Å². The van der Waals surface area contributed by atoms with E-state index in [0.29, 0.717) is 18.9 Å². The summed E-state index contributed by atoms with van der Waals surface area (Å²) in [6.45, 7) is 9.96. The smallest absolute Gasteiger partial charge is 0.348 e. The minimum atomic E-state index is -0.409. The van der Waals surface area contributed by atoms with E-state index in [1.807, 2.05) is 24.8 Å². The summed E-state index contributed by atoms with van der Waals surface area (Å²) in [6.07, 6.45) is 1.38. The quantitative estimate of drug-likeness (QED) is 0.616. The summed E-state index contributed by atoms with van der Waals surface area (Å²) >= 11 is 0. The average molecular weight is 331 g/mol. The first-order valence-electron chi connectivity index (χ1n) is 8.01. The molecule has 1 fully saturated rings. The molecule has 0 N–H and O–H groups in total. The van der Waals surface area contributed by atoms with E-state index >= 15 is 0 Å². The third-order valence-electron chi connectivity index (χ3n) is 4.30. The maximum Gasteiger partial charge on any atom is 0.355 e. The van der Waals surface area contributed by atoms with Crippen LogP contribution < -0.4 is 4.90 Å². The number of likely N-dealkylation sites (N-methyl/N-ethyl adjacent to an activating group) is 1. The molecular formula is C15H21N7O2. The van der Waals surface area contributed by atoms with E-state index < -0.39 is 4.92 Å². The lowest BCUT2D eigenvalue weighted by atomic mass is 10.3. The summed E-state index contributed by atoms with van der Waals surface area (Å²) < 4.78 is 1.51. The van der Waals surface area contributed by atoms with Crippen molar-refractivity contribution in [2.45, 2.75) is 20.8 Å². The first-order valence-corrected chi connectivity index (χ1v) is 8.01. The van der Waals surface area contributed by atoms with Crippen molar-refractivity contribution in [2.75, 3.05) is 37.6 Å². The van der Waals surface area contributed by atoms with Crippen molar-refractivity contribution in [1.29, 1.82) is 0 Å². The predicted octanol–water partition coefficient (Wildman–Crippen LogP) is 1.33. The lowest BCUT2D eigenvalue weighted by Crippen LogP contribution is -2.46. The average Bonchev–Trinajstić information content (AvgIpc) is 2.92. The van der Waals surface area contributed by atoms with Crippen molar-refractivity contribution in [3.8, 4) is 5.82 Å². The Morgan fingerprint density at radius 3 is 2.38 bits per heavy atom. The van der Waals surface area contributed by atoms with Gasteiger partial charge in [0.05, 0.1) is 10.6 Å². The van der Waals surface area contributed by atoms with Crippen molar-refractivity contribution in [3.05, 3.63) is 33.9 Å². The molecule has 2 aromatic heterocycles. The molecule has 1 aliphatic rings. The van der Waals surface area contributed by atoms with Crippen molar-refractivity contribution < 1.29 is 4.92 Å². The van der Waals surface area contributed by atoms with Gasteiger partial charge in [-0.1, -0.05) is 6.92 Å². The lowest BCUT2D eigenvalue weighted by Gasteiger charge is -2.34. The van der Waals surface area contributed by atoms with Crippen LogP contribution >= 0.6 is 0 Å². The number of piperazine rings is 1. The zero-order chi connectivity index (χ0) is 17.3. The summed E-state index contributed by atoms with van der Waals surface area (Å²) in [7, 11) is 0. The molecule has 24 heavy (non-hydrogen) atoms. The van der Waals surface area contributed by atoms with Gasteiger partial charge in [-0.25, -0.2) is 14.6 Å². The van der Waals surface area contributed by atoms with E-state index in [-0.39, 0.29) is 11.5 Å². The molecule has 0 atom stereocenters. The fourth-order valence-electron chi connectivity index (χ4n) is 3.03. The van der Waals surface area contributed by atoms with E-state index in [0.717, 1.165) is 31.0 Å². The lowest BCUT2D eigenvalue weighted by molar-refractivity contribution is -0.384. The topological polar surface area (TPSA) is 93.2 Å². The first-order chi connectivity index (χ1) is 11.5. The zero-order valence-electron chi connectivity index (χ0n) is 14.1. The van der Waals surface area contributed by atoms with Gasteiger partial charge in [0, 0.05) is 31.9 Å². The van der Waals surface area contributed by atoms with Crippen LogP contribution in [0, 0.1) is 24.0 Å². The van der Waals surface area contributed by atoms with Crippen LogP contribution in [0.25, 0.3) is 5.82 Å². The molecule has 1 saturated heterocycles. The second kappa shape index (κ2) is 6.52. The second-order valence-corrected chi connectivity index (χ2v) is 5.89. The van der Waals surface area contributed by atoms with Crippen LogP contribution in [0.4, 0.5) is 11.5 Å². The number of nitrogens with zero attached hydrogens (tertiary/aromatic N) is 7. The molecule has 9 nitrogen and oxygen atoms in total. The van der Waals surface area contributed by atoms with Gasteiger partial charge < -0.3 is 9.80 Å². The molecule has 3 rings (SSSR count). The van der Waals surface area contributed by atoms with Gasteiger partial charge in [0.2, 0.25) is 11.6 Å². The molecule has 0 radical (unpaired) electrons. The standard InChI is InChI=1S/C15H21N7O2/c1-4-19-5-7-20(8-6-19)14-13(22(23)24)15(17-10-16-14)21-12(3)9-11(2)18-21/h9-10H,4-8H2,1-3H3. The van der Waals surface area contributed by atoms with Gasteiger partial charge in [0.15, 0.2) is 0 Å². The number of nitro groups is 1. The molecule has 1 aliphatic heterocycles. The van der Waals surface area contributed by atoms with Gasteiger partial charge in [-0.2, -0.15) is 5.10 Å². The molecule has 3 heterocycles. The molecular weight excluding hydrogens is 310 g/mol. The highest BCUT2D eigenvalue weighted by Gasteiger charge is 2.30. The maximum atomic E-state index is 11.7. The fraction of sp³-hybridized carbons (Fsp3) is 0.533. The Morgan fingerprint density at radius 1 is 1.17 bits per heavy atom. The van der Waals surface area contributed by atoms with Gasteiger partial charge in [0.25, 0.3) is 0 Å². The highest BCUT2D eigenvalue weighted by atomic mass is 16.6. The highest BCUT2D eigenvalue weighted by molar-refractivity contribution is 5.65. The summed E-state index contributed by atoms with van der Waals surface area (Å²) in [5.74, 6) is 0.585. The van der Waals surface area contributed by atoms with Gasteiger partial charge in [-0.15, -0.1) is 0 Å². The minimum Gasteiger partial charge on any atom is -0.348 e. The monoisotopic (exact) mass is 331 g/mol. The SMILES string of the molecule is CCN1CCN(c2ncnc(-n3nc(C)cc3C)c2[N+](=O)[O-])CC1. The van der Waals surface area contributed by atoms with Gasteiger partial charge in [0.1, 0.15) is 6.33 Å². The third kappa shape index (κ3) is 2.94. The molecule has 0 bridgehead atoms. The number of rotatable bonds is 4. The summed E-state index contributed by atoms with van der Waals surface area (Å²) in [5.41, 5.74) is 1.50. The fourth-order valence-corrected chi connectivity index (χ4v) is 3.03. The predicted molar refractivity (Wildman–Crippen MR) is 89.6 cm³/mol.